The number of carbonyl (C=O) groups is 1. The molecule has 19 heavy (non-hydrogen) atoms. The molecule has 0 saturated heterocycles. The molecule has 0 radical (unpaired) electrons. The van der Waals surface area contributed by atoms with Crippen molar-refractivity contribution >= 4 is 17.7 Å². The lowest BCUT2D eigenvalue weighted by atomic mass is 10.1. The van der Waals surface area contributed by atoms with Crippen LogP contribution in [0.2, 0.25) is 0 Å². The van der Waals surface area contributed by atoms with Crippen LogP contribution in [0.25, 0.3) is 0 Å². The third-order valence-electron chi connectivity index (χ3n) is 2.32. The smallest absolute Gasteiger partial charge is 0.315 e. The van der Waals surface area contributed by atoms with E-state index in [1.165, 1.54) is 18.9 Å². The topological polar surface area (TPSA) is 55.8 Å². The van der Waals surface area contributed by atoms with Gasteiger partial charge >= 0.3 is 5.97 Å². The number of carbonyl (C=O) groups excluding carboxylic acids is 1. The Bertz CT molecular complexity index is 488. The van der Waals surface area contributed by atoms with E-state index in [-0.39, 0.29) is 12.6 Å². The summed E-state index contributed by atoms with van der Waals surface area (Å²) in [4.78, 5) is 11.1. The Balaban J connectivity index is 2.79. The van der Waals surface area contributed by atoms with Crippen molar-refractivity contribution in [2.75, 3.05) is 26.6 Å². The molecule has 1 aromatic rings. The Morgan fingerprint density at radius 1 is 1.42 bits per heavy atom. The summed E-state index contributed by atoms with van der Waals surface area (Å²) in [5, 5.41) is 8.74. The molecule has 0 fully saturated rings. The fraction of sp³-hybridized carbons (Fsp3) is 0.357. The van der Waals surface area contributed by atoms with Crippen LogP contribution in [0.3, 0.4) is 0 Å². The molecule has 4 nitrogen and oxygen atoms in total. The maximum Gasteiger partial charge on any atom is 0.315 e. The van der Waals surface area contributed by atoms with Gasteiger partial charge in [-0.25, -0.2) is 0 Å². The van der Waals surface area contributed by atoms with Gasteiger partial charge in [-0.1, -0.05) is 11.8 Å². The second-order valence-electron chi connectivity index (χ2n) is 3.55. The number of esters is 1. The minimum absolute atomic E-state index is 0.180. The quantitative estimate of drug-likeness (QED) is 0.653. The van der Waals surface area contributed by atoms with Gasteiger partial charge in [0.05, 0.1) is 20.0 Å². The van der Waals surface area contributed by atoms with Crippen LogP contribution >= 0.6 is 11.8 Å². The number of hydrogen-bond acceptors (Lipinski definition) is 5. The fourth-order valence-electron chi connectivity index (χ4n) is 1.38. The minimum atomic E-state index is -0.254. The number of benzene rings is 1. The van der Waals surface area contributed by atoms with Gasteiger partial charge < -0.3 is 14.6 Å². The summed E-state index contributed by atoms with van der Waals surface area (Å²) in [5.41, 5.74) is 1.79. The molecule has 0 aliphatic heterocycles. The van der Waals surface area contributed by atoms with Gasteiger partial charge in [-0.3, -0.25) is 4.79 Å². The third kappa shape index (κ3) is 5.25. The lowest BCUT2D eigenvalue weighted by Crippen LogP contribution is -2.03. The number of aliphatic hydroxyl groups excluding tert-OH is 1. The van der Waals surface area contributed by atoms with Crippen LogP contribution in [0.15, 0.2) is 18.2 Å². The Hall–Kier alpha value is -1.64. The van der Waals surface area contributed by atoms with Crippen molar-refractivity contribution in [1.82, 2.24) is 0 Å². The number of aliphatic hydroxyl groups is 1. The zero-order valence-corrected chi connectivity index (χ0v) is 11.8. The molecule has 1 rings (SSSR count). The van der Waals surface area contributed by atoms with E-state index in [0.29, 0.717) is 11.5 Å². The van der Waals surface area contributed by atoms with Crippen molar-refractivity contribution in [2.24, 2.45) is 0 Å². The second kappa shape index (κ2) is 8.46. The average Bonchev–Trinajstić information content (AvgIpc) is 2.45. The first-order valence-corrected chi connectivity index (χ1v) is 6.78. The highest BCUT2D eigenvalue weighted by Gasteiger charge is 2.05. The molecule has 0 aliphatic rings. The molecule has 1 aromatic carbocycles. The Morgan fingerprint density at radius 2 is 2.21 bits per heavy atom. The summed E-state index contributed by atoms with van der Waals surface area (Å²) in [6.45, 7) is -0.180. The third-order valence-corrected chi connectivity index (χ3v) is 3.27. The van der Waals surface area contributed by atoms with Crippen LogP contribution < -0.4 is 4.74 Å². The Kier molecular flexibility index (Phi) is 6.86. The van der Waals surface area contributed by atoms with Crippen molar-refractivity contribution < 1.29 is 19.4 Å². The van der Waals surface area contributed by atoms with E-state index in [1.54, 1.807) is 7.11 Å². The summed E-state index contributed by atoms with van der Waals surface area (Å²) in [6, 6.07) is 5.54. The summed E-state index contributed by atoms with van der Waals surface area (Å²) >= 11 is 1.45. The summed E-state index contributed by atoms with van der Waals surface area (Å²) in [5.74, 6) is 6.90. The summed E-state index contributed by atoms with van der Waals surface area (Å²) in [6.07, 6.45) is 0. The highest BCUT2D eigenvalue weighted by Crippen LogP contribution is 2.21. The van der Waals surface area contributed by atoms with Crippen LogP contribution in [0.4, 0.5) is 0 Å². The first-order valence-electron chi connectivity index (χ1n) is 5.62. The largest absolute Gasteiger partial charge is 0.497 e. The molecule has 102 valence electrons. The van der Waals surface area contributed by atoms with E-state index in [4.69, 9.17) is 9.84 Å². The van der Waals surface area contributed by atoms with E-state index in [2.05, 4.69) is 16.6 Å². The molecule has 0 bridgehead atoms. The molecule has 0 spiro atoms. The number of methoxy groups -OCH3 is 2. The molecule has 0 aliphatic carbocycles. The number of ether oxygens (including phenoxy) is 2. The van der Waals surface area contributed by atoms with Gasteiger partial charge in [0, 0.05) is 11.3 Å². The number of rotatable bonds is 5. The van der Waals surface area contributed by atoms with Gasteiger partial charge in [0.15, 0.2) is 0 Å². The number of hydrogen-bond donors (Lipinski definition) is 1. The standard InChI is InChI=1S/C14H16O4S/c1-17-13-6-5-11(4-3-7-15)12(8-13)9-19-10-14(16)18-2/h5-6,8,15H,7,9-10H2,1-2H3. The van der Waals surface area contributed by atoms with Crippen LogP contribution in [-0.4, -0.2) is 37.7 Å². The Labute approximate surface area is 117 Å². The monoisotopic (exact) mass is 280 g/mol. The van der Waals surface area contributed by atoms with Crippen LogP contribution in [0.1, 0.15) is 11.1 Å². The predicted molar refractivity (Wildman–Crippen MR) is 75.1 cm³/mol. The summed E-state index contributed by atoms with van der Waals surface area (Å²) in [7, 11) is 2.96. The molecule has 0 unspecified atom stereocenters. The van der Waals surface area contributed by atoms with Crippen molar-refractivity contribution in [2.45, 2.75) is 5.75 Å². The van der Waals surface area contributed by atoms with Gasteiger partial charge in [0.1, 0.15) is 12.4 Å². The van der Waals surface area contributed by atoms with Crippen LogP contribution in [0, 0.1) is 11.8 Å². The van der Waals surface area contributed by atoms with Gasteiger partial charge in [-0.05, 0) is 23.8 Å². The summed E-state index contributed by atoms with van der Waals surface area (Å²) < 4.78 is 9.75. The van der Waals surface area contributed by atoms with Crippen LogP contribution in [0.5, 0.6) is 5.75 Å². The van der Waals surface area contributed by atoms with Gasteiger partial charge in [0.2, 0.25) is 0 Å². The normalized spacial score (nSPS) is 9.42. The molecule has 1 N–H and O–H groups in total. The molecule has 0 saturated carbocycles. The zero-order valence-electron chi connectivity index (χ0n) is 10.9. The molecule has 0 aromatic heterocycles. The molecule has 0 heterocycles. The fourth-order valence-corrected chi connectivity index (χ4v) is 2.22. The van der Waals surface area contributed by atoms with E-state index in [1.807, 2.05) is 18.2 Å². The maximum absolute atomic E-state index is 11.1. The van der Waals surface area contributed by atoms with E-state index < -0.39 is 0 Å². The first kappa shape index (κ1) is 15.4. The lowest BCUT2D eigenvalue weighted by Gasteiger charge is -2.07. The molecular formula is C14H16O4S. The van der Waals surface area contributed by atoms with Crippen molar-refractivity contribution in [3.8, 4) is 17.6 Å². The highest BCUT2D eigenvalue weighted by molar-refractivity contribution is 7.99. The Morgan fingerprint density at radius 3 is 2.84 bits per heavy atom. The predicted octanol–water partition coefficient (Wildman–Crippen LogP) is 1.45. The average molecular weight is 280 g/mol. The van der Waals surface area contributed by atoms with E-state index in [0.717, 1.165) is 16.9 Å². The zero-order chi connectivity index (χ0) is 14.1. The van der Waals surface area contributed by atoms with Gasteiger partial charge in [0.25, 0.3) is 0 Å². The van der Waals surface area contributed by atoms with E-state index >= 15 is 0 Å². The second-order valence-corrected chi connectivity index (χ2v) is 4.54. The molecule has 5 heteroatoms. The van der Waals surface area contributed by atoms with Crippen molar-refractivity contribution in [3.63, 3.8) is 0 Å². The van der Waals surface area contributed by atoms with Crippen LogP contribution in [-0.2, 0) is 15.3 Å². The molecule has 0 atom stereocenters. The molecule has 0 amide bonds. The maximum atomic E-state index is 11.1. The number of thioether (sulfide) groups is 1. The minimum Gasteiger partial charge on any atom is -0.497 e. The van der Waals surface area contributed by atoms with Gasteiger partial charge in [-0.15, -0.1) is 11.8 Å². The molecular weight excluding hydrogens is 264 g/mol. The van der Waals surface area contributed by atoms with Gasteiger partial charge in [-0.2, -0.15) is 0 Å². The lowest BCUT2D eigenvalue weighted by molar-refractivity contribution is -0.137. The van der Waals surface area contributed by atoms with Crippen molar-refractivity contribution in [3.05, 3.63) is 29.3 Å². The highest BCUT2D eigenvalue weighted by atomic mass is 32.2. The van der Waals surface area contributed by atoms with E-state index in [9.17, 15) is 4.79 Å². The van der Waals surface area contributed by atoms with Crippen molar-refractivity contribution in [1.29, 1.82) is 0 Å². The SMILES string of the molecule is COC(=O)CSCc1cc(OC)ccc1C#CCO. The first-order chi connectivity index (χ1) is 9.21.